The Hall–Kier alpha value is -0.370. The second-order valence-corrected chi connectivity index (χ2v) is 3.37. The smallest absolute Gasteiger partial charge is 0.161 e. The van der Waals surface area contributed by atoms with Crippen molar-refractivity contribution in [3.8, 4) is 0 Å². The molecule has 1 N–H and O–H groups in total. The molecule has 1 fully saturated rings. The Morgan fingerprint density at radius 1 is 1.78 bits per heavy atom. The molecular weight excluding hydrogens is 116 g/mol. The molecule has 9 heavy (non-hydrogen) atoms. The van der Waals surface area contributed by atoms with E-state index < -0.39 is 0 Å². The zero-order valence-corrected chi connectivity index (χ0v) is 5.85. The number of hydrogen-bond donors (Lipinski definition) is 1. The molecule has 2 nitrogen and oxygen atoms in total. The van der Waals surface area contributed by atoms with Gasteiger partial charge in [-0.05, 0) is 11.8 Å². The standard InChI is InChI=1S/C7H12O2/c1-7(2)3-5(7)6(9)4-8/h5,8H,3-4H2,1-2H3. The van der Waals surface area contributed by atoms with E-state index in [9.17, 15) is 4.79 Å². The van der Waals surface area contributed by atoms with Gasteiger partial charge in [-0.3, -0.25) is 4.79 Å². The summed E-state index contributed by atoms with van der Waals surface area (Å²) in [5.41, 5.74) is 0.180. The zero-order chi connectivity index (χ0) is 7.07. The number of Topliss-reactive ketones (excluding diaryl/α,β-unsaturated/α-hetero) is 1. The molecule has 1 saturated carbocycles. The van der Waals surface area contributed by atoms with Crippen LogP contribution in [0.3, 0.4) is 0 Å². The average Bonchev–Trinajstić information content (AvgIpc) is 2.38. The predicted molar refractivity (Wildman–Crippen MR) is 34.0 cm³/mol. The van der Waals surface area contributed by atoms with Crippen molar-refractivity contribution in [1.82, 2.24) is 0 Å². The third kappa shape index (κ3) is 1.13. The maximum atomic E-state index is 10.7. The van der Waals surface area contributed by atoms with E-state index in [0.717, 1.165) is 6.42 Å². The summed E-state index contributed by atoms with van der Waals surface area (Å²) in [5.74, 6) is 0.141. The molecule has 0 aliphatic heterocycles. The lowest BCUT2D eigenvalue weighted by Crippen LogP contribution is -2.09. The molecule has 1 rings (SSSR count). The van der Waals surface area contributed by atoms with E-state index in [4.69, 9.17) is 5.11 Å². The SMILES string of the molecule is CC1(C)CC1C(=O)CO. The van der Waals surface area contributed by atoms with Gasteiger partial charge >= 0.3 is 0 Å². The minimum Gasteiger partial charge on any atom is -0.389 e. The van der Waals surface area contributed by atoms with Crippen LogP contribution in [0, 0.1) is 11.3 Å². The summed E-state index contributed by atoms with van der Waals surface area (Å²) in [6.45, 7) is 3.81. The first kappa shape index (κ1) is 6.75. The highest BCUT2D eigenvalue weighted by Crippen LogP contribution is 2.51. The Kier molecular flexibility index (Phi) is 1.35. The van der Waals surface area contributed by atoms with Gasteiger partial charge in [0, 0.05) is 5.92 Å². The van der Waals surface area contributed by atoms with Gasteiger partial charge in [0.2, 0.25) is 0 Å². The molecule has 2 heteroatoms. The van der Waals surface area contributed by atoms with Crippen molar-refractivity contribution in [3.05, 3.63) is 0 Å². The average molecular weight is 128 g/mol. The monoisotopic (exact) mass is 128 g/mol. The Labute approximate surface area is 54.9 Å². The van der Waals surface area contributed by atoms with Gasteiger partial charge in [-0.15, -0.1) is 0 Å². The quantitative estimate of drug-likeness (QED) is 0.591. The van der Waals surface area contributed by atoms with Gasteiger partial charge in [-0.2, -0.15) is 0 Å². The number of hydrogen-bond acceptors (Lipinski definition) is 2. The molecule has 0 aromatic carbocycles. The fourth-order valence-electron chi connectivity index (χ4n) is 1.13. The van der Waals surface area contributed by atoms with E-state index in [1.807, 2.05) is 13.8 Å². The van der Waals surface area contributed by atoms with Crippen LogP contribution in [-0.4, -0.2) is 17.5 Å². The Morgan fingerprint density at radius 2 is 2.22 bits per heavy atom. The summed E-state index contributed by atoms with van der Waals surface area (Å²) in [4.78, 5) is 10.7. The summed E-state index contributed by atoms with van der Waals surface area (Å²) < 4.78 is 0. The third-order valence-electron chi connectivity index (χ3n) is 2.06. The molecule has 0 aromatic rings. The highest BCUT2D eigenvalue weighted by molar-refractivity contribution is 5.85. The number of ketones is 1. The van der Waals surface area contributed by atoms with Crippen LogP contribution in [-0.2, 0) is 4.79 Å². The number of carbonyl (C=O) groups is 1. The molecule has 0 spiro atoms. The van der Waals surface area contributed by atoms with Crippen LogP contribution in [0.2, 0.25) is 0 Å². The zero-order valence-electron chi connectivity index (χ0n) is 5.85. The summed E-state index contributed by atoms with van der Waals surface area (Å²) >= 11 is 0. The molecule has 0 saturated heterocycles. The highest BCUT2D eigenvalue weighted by Gasteiger charge is 2.49. The summed E-state index contributed by atoms with van der Waals surface area (Å²) in [6.07, 6.45) is 0.951. The normalized spacial score (nSPS) is 29.9. The molecule has 0 heterocycles. The molecule has 1 aliphatic rings. The van der Waals surface area contributed by atoms with E-state index in [2.05, 4.69) is 0 Å². The minimum atomic E-state index is -0.284. The molecular formula is C7H12O2. The molecule has 0 radical (unpaired) electrons. The number of aliphatic hydroxyl groups excluding tert-OH is 1. The Balaban J connectivity index is 2.42. The molecule has 0 bridgehead atoms. The van der Waals surface area contributed by atoms with Crippen LogP contribution in [0.15, 0.2) is 0 Å². The molecule has 1 aliphatic carbocycles. The van der Waals surface area contributed by atoms with Gasteiger partial charge in [0.15, 0.2) is 5.78 Å². The molecule has 1 unspecified atom stereocenters. The van der Waals surface area contributed by atoms with Gasteiger partial charge in [0.05, 0.1) is 0 Å². The first-order valence-electron chi connectivity index (χ1n) is 3.21. The Morgan fingerprint density at radius 3 is 2.33 bits per heavy atom. The van der Waals surface area contributed by atoms with Gasteiger partial charge in [-0.25, -0.2) is 0 Å². The van der Waals surface area contributed by atoms with Crippen LogP contribution >= 0.6 is 0 Å². The van der Waals surface area contributed by atoms with E-state index in [1.54, 1.807) is 0 Å². The lowest BCUT2D eigenvalue weighted by Gasteiger charge is -1.97. The van der Waals surface area contributed by atoms with E-state index in [0.29, 0.717) is 0 Å². The largest absolute Gasteiger partial charge is 0.389 e. The second-order valence-electron chi connectivity index (χ2n) is 3.37. The minimum absolute atomic E-state index is 0.000000000000000444. The highest BCUT2D eigenvalue weighted by atomic mass is 16.3. The topological polar surface area (TPSA) is 37.3 Å². The number of carbonyl (C=O) groups excluding carboxylic acids is 1. The maximum absolute atomic E-state index is 10.7. The molecule has 52 valence electrons. The van der Waals surface area contributed by atoms with Crippen molar-refractivity contribution in [1.29, 1.82) is 0 Å². The fourth-order valence-corrected chi connectivity index (χ4v) is 1.13. The maximum Gasteiger partial charge on any atom is 0.161 e. The van der Waals surface area contributed by atoms with Crippen molar-refractivity contribution < 1.29 is 9.90 Å². The second kappa shape index (κ2) is 1.81. The first-order chi connectivity index (χ1) is 4.08. The molecule has 0 amide bonds. The van der Waals surface area contributed by atoms with Gasteiger partial charge in [0.1, 0.15) is 6.61 Å². The third-order valence-corrected chi connectivity index (χ3v) is 2.06. The summed E-state index contributed by atoms with van der Waals surface area (Å²) in [6, 6.07) is 0. The number of rotatable bonds is 2. The lowest BCUT2D eigenvalue weighted by molar-refractivity contribution is -0.123. The van der Waals surface area contributed by atoms with Gasteiger partial charge in [0.25, 0.3) is 0 Å². The first-order valence-corrected chi connectivity index (χ1v) is 3.21. The van der Waals surface area contributed by atoms with E-state index >= 15 is 0 Å². The van der Waals surface area contributed by atoms with Crippen LogP contribution in [0.1, 0.15) is 20.3 Å². The van der Waals surface area contributed by atoms with Crippen LogP contribution in [0.5, 0.6) is 0 Å². The molecule has 1 atom stereocenters. The number of aliphatic hydroxyl groups is 1. The van der Waals surface area contributed by atoms with Gasteiger partial charge in [-0.1, -0.05) is 13.8 Å². The van der Waals surface area contributed by atoms with Crippen LogP contribution < -0.4 is 0 Å². The lowest BCUT2D eigenvalue weighted by atomic mass is 10.1. The predicted octanol–water partition coefficient (Wildman–Crippen LogP) is 0.594. The van der Waals surface area contributed by atoms with Crippen LogP contribution in [0.25, 0.3) is 0 Å². The van der Waals surface area contributed by atoms with E-state index in [1.165, 1.54) is 0 Å². The van der Waals surface area contributed by atoms with Crippen molar-refractivity contribution in [2.75, 3.05) is 6.61 Å². The fraction of sp³-hybridized carbons (Fsp3) is 0.857. The Bertz CT molecular complexity index is 138. The van der Waals surface area contributed by atoms with Crippen molar-refractivity contribution in [3.63, 3.8) is 0 Å². The van der Waals surface area contributed by atoms with Crippen LogP contribution in [0.4, 0.5) is 0 Å². The molecule has 0 aromatic heterocycles. The van der Waals surface area contributed by atoms with Gasteiger partial charge < -0.3 is 5.11 Å². The van der Waals surface area contributed by atoms with Crippen molar-refractivity contribution >= 4 is 5.78 Å². The van der Waals surface area contributed by atoms with E-state index in [-0.39, 0.29) is 23.7 Å². The summed E-state index contributed by atoms with van der Waals surface area (Å²) in [7, 11) is 0. The van der Waals surface area contributed by atoms with Crippen molar-refractivity contribution in [2.45, 2.75) is 20.3 Å². The van der Waals surface area contributed by atoms with Crippen molar-refractivity contribution in [2.24, 2.45) is 11.3 Å². The summed E-state index contributed by atoms with van der Waals surface area (Å²) in [5, 5.41) is 8.43.